The van der Waals surface area contributed by atoms with Crippen molar-refractivity contribution in [3.05, 3.63) is 41.5 Å². The molecule has 1 aromatic heterocycles. The molecule has 6 nitrogen and oxygen atoms in total. The second-order valence-corrected chi connectivity index (χ2v) is 6.23. The first-order valence-electron chi connectivity index (χ1n) is 8.08. The van der Waals surface area contributed by atoms with Crippen molar-refractivity contribution in [2.45, 2.75) is 19.0 Å². The molecule has 1 aromatic carbocycles. The van der Waals surface area contributed by atoms with E-state index in [1.165, 1.54) is 11.3 Å². The van der Waals surface area contributed by atoms with E-state index in [4.69, 9.17) is 14.2 Å². The Balaban J connectivity index is 1.81. The number of hydrogen-bond donors (Lipinski definition) is 0. The van der Waals surface area contributed by atoms with Crippen molar-refractivity contribution >= 4 is 0 Å². The lowest BCUT2D eigenvalue weighted by Gasteiger charge is -2.32. The first-order chi connectivity index (χ1) is 11.6. The molecule has 0 spiro atoms. The molecule has 0 bridgehead atoms. The number of aryl methyl sites for hydroxylation is 1. The maximum Gasteiger partial charge on any atom is 0.122 e. The van der Waals surface area contributed by atoms with Gasteiger partial charge >= 0.3 is 0 Å². The first-order valence-corrected chi connectivity index (χ1v) is 8.08. The average Bonchev–Trinajstić information content (AvgIpc) is 2.96. The zero-order chi connectivity index (χ0) is 17.1. The second kappa shape index (κ2) is 7.23. The molecule has 6 heteroatoms. The molecule has 130 valence electrons. The molecule has 0 fully saturated rings. The Labute approximate surface area is 143 Å². The predicted octanol–water partition coefficient (Wildman–Crippen LogP) is 2.18. The van der Waals surface area contributed by atoms with E-state index in [2.05, 4.69) is 33.6 Å². The number of methoxy groups -OCH3 is 3. The summed E-state index contributed by atoms with van der Waals surface area (Å²) < 4.78 is 18.3. The average molecular weight is 331 g/mol. The van der Waals surface area contributed by atoms with Gasteiger partial charge in [0.1, 0.15) is 11.5 Å². The molecule has 1 atom stereocenters. The van der Waals surface area contributed by atoms with Crippen molar-refractivity contribution < 1.29 is 14.2 Å². The minimum atomic E-state index is 0.332. The fourth-order valence-electron chi connectivity index (χ4n) is 3.48. The van der Waals surface area contributed by atoms with E-state index in [9.17, 15) is 0 Å². The van der Waals surface area contributed by atoms with Crippen molar-refractivity contribution in [1.29, 1.82) is 0 Å². The Morgan fingerprint density at radius 3 is 2.46 bits per heavy atom. The molecule has 0 aliphatic carbocycles. The minimum absolute atomic E-state index is 0.332. The highest BCUT2D eigenvalue weighted by atomic mass is 16.5. The summed E-state index contributed by atoms with van der Waals surface area (Å²) in [6.45, 7) is 3.31. The first kappa shape index (κ1) is 16.8. The fourth-order valence-corrected chi connectivity index (χ4v) is 3.48. The van der Waals surface area contributed by atoms with Crippen LogP contribution in [0.5, 0.6) is 11.5 Å². The normalized spacial score (nSPS) is 17.6. The zero-order valence-corrected chi connectivity index (χ0v) is 14.8. The van der Waals surface area contributed by atoms with E-state index in [0.29, 0.717) is 12.5 Å². The smallest absolute Gasteiger partial charge is 0.122 e. The summed E-state index contributed by atoms with van der Waals surface area (Å²) in [5.74, 6) is 1.96. The van der Waals surface area contributed by atoms with Gasteiger partial charge < -0.3 is 18.8 Å². The Morgan fingerprint density at radius 2 is 1.83 bits per heavy atom. The van der Waals surface area contributed by atoms with Crippen molar-refractivity contribution in [1.82, 2.24) is 14.5 Å². The molecular weight excluding hydrogens is 306 g/mol. The molecule has 0 saturated carbocycles. The summed E-state index contributed by atoms with van der Waals surface area (Å²) >= 11 is 0. The van der Waals surface area contributed by atoms with Gasteiger partial charge in [0.25, 0.3) is 0 Å². The number of rotatable bonds is 6. The van der Waals surface area contributed by atoms with Gasteiger partial charge in [-0.3, -0.25) is 4.90 Å². The fraction of sp³-hybridized carbons (Fsp3) is 0.500. The van der Waals surface area contributed by atoms with Gasteiger partial charge in [-0.05, 0) is 17.7 Å². The second-order valence-electron chi connectivity index (χ2n) is 6.23. The highest BCUT2D eigenvalue weighted by molar-refractivity contribution is 5.38. The molecule has 1 aliphatic heterocycles. The van der Waals surface area contributed by atoms with Crippen LogP contribution in [0.1, 0.15) is 22.9 Å². The third kappa shape index (κ3) is 3.39. The molecule has 0 saturated heterocycles. The van der Waals surface area contributed by atoms with Crippen molar-refractivity contribution in [2.75, 3.05) is 34.5 Å². The maximum absolute atomic E-state index is 5.43. The van der Waals surface area contributed by atoms with Crippen LogP contribution in [0, 0.1) is 0 Å². The summed E-state index contributed by atoms with van der Waals surface area (Å²) in [4.78, 5) is 6.96. The number of nitrogens with zero attached hydrogens (tertiary/aromatic N) is 3. The summed E-state index contributed by atoms with van der Waals surface area (Å²) in [5, 5.41) is 0. The minimum Gasteiger partial charge on any atom is -0.497 e. The summed E-state index contributed by atoms with van der Waals surface area (Å²) in [7, 11) is 7.15. The lowest BCUT2D eigenvalue weighted by Crippen LogP contribution is -2.35. The van der Waals surface area contributed by atoms with Gasteiger partial charge in [0, 0.05) is 51.5 Å². The van der Waals surface area contributed by atoms with Crippen LogP contribution in [0.3, 0.4) is 0 Å². The molecule has 1 unspecified atom stereocenters. The van der Waals surface area contributed by atoms with E-state index in [0.717, 1.165) is 36.8 Å². The predicted molar refractivity (Wildman–Crippen MR) is 91.5 cm³/mol. The van der Waals surface area contributed by atoms with Gasteiger partial charge in [0.15, 0.2) is 0 Å². The van der Waals surface area contributed by atoms with Crippen LogP contribution in [0.2, 0.25) is 0 Å². The van der Waals surface area contributed by atoms with Crippen molar-refractivity contribution in [3.8, 4) is 11.5 Å². The largest absolute Gasteiger partial charge is 0.497 e. The molecule has 2 aromatic rings. The van der Waals surface area contributed by atoms with E-state index >= 15 is 0 Å². The SMILES string of the molecule is COCC1CN(Cc2cc(OC)cc(OC)c2)Cc2ncn(C)c21. The van der Waals surface area contributed by atoms with Crippen molar-refractivity contribution in [3.63, 3.8) is 0 Å². The topological polar surface area (TPSA) is 48.8 Å². The maximum atomic E-state index is 5.43. The Morgan fingerprint density at radius 1 is 1.12 bits per heavy atom. The van der Waals surface area contributed by atoms with Gasteiger partial charge in [-0.25, -0.2) is 4.98 Å². The van der Waals surface area contributed by atoms with Crippen LogP contribution in [-0.2, 0) is 24.9 Å². The lowest BCUT2D eigenvalue weighted by molar-refractivity contribution is 0.132. The number of imidazole rings is 1. The number of fused-ring (bicyclic) bond motifs is 1. The van der Waals surface area contributed by atoms with E-state index in [-0.39, 0.29) is 0 Å². The highest BCUT2D eigenvalue weighted by Gasteiger charge is 2.29. The molecule has 0 amide bonds. The summed E-state index contributed by atoms with van der Waals surface area (Å²) in [6.07, 6.45) is 1.89. The molecule has 2 heterocycles. The lowest BCUT2D eigenvalue weighted by atomic mass is 9.98. The van der Waals surface area contributed by atoms with E-state index < -0.39 is 0 Å². The standard InChI is InChI=1S/C18H25N3O3/c1-20-12-19-17-10-21(9-14(11-22-2)18(17)20)8-13-5-15(23-3)7-16(6-13)24-4/h5-7,12,14H,8-11H2,1-4H3. The molecular formula is C18H25N3O3. The van der Waals surface area contributed by atoms with Gasteiger partial charge in [-0.2, -0.15) is 0 Å². The number of benzene rings is 1. The molecule has 3 rings (SSSR count). The van der Waals surface area contributed by atoms with Gasteiger partial charge in [-0.1, -0.05) is 0 Å². The molecule has 0 N–H and O–H groups in total. The van der Waals surface area contributed by atoms with Crippen molar-refractivity contribution in [2.24, 2.45) is 7.05 Å². The van der Waals surface area contributed by atoms with E-state index in [1.807, 2.05) is 12.4 Å². The van der Waals surface area contributed by atoms with Gasteiger partial charge in [0.05, 0.1) is 32.8 Å². The van der Waals surface area contributed by atoms with Crippen LogP contribution >= 0.6 is 0 Å². The highest BCUT2D eigenvalue weighted by Crippen LogP contribution is 2.30. The Hall–Kier alpha value is -2.05. The zero-order valence-electron chi connectivity index (χ0n) is 14.8. The molecule has 0 radical (unpaired) electrons. The van der Waals surface area contributed by atoms with Gasteiger partial charge in [-0.15, -0.1) is 0 Å². The van der Waals surface area contributed by atoms with Crippen LogP contribution in [0.25, 0.3) is 0 Å². The van der Waals surface area contributed by atoms with Crippen LogP contribution in [0.15, 0.2) is 24.5 Å². The van der Waals surface area contributed by atoms with Gasteiger partial charge in [0.2, 0.25) is 0 Å². The summed E-state index contributed by atoms with van der Waals surface area (Å²) in [5.41, 5.74) is 3.60. The monoisotopic (exact) mass is 331 g/mol. The third-order valence-electron chi connectivity index (χ3n) is 4.49. The molecule has 1 aliphatic rings. The molecule has 24 heavy (non-hydrogen) atoms. The number of aromatic nitrogens is 2. The van der Waals surface area contributed by atoms with E-state index in [1.54, 1.807) is 21.3 Å². The van der Waals surface area contributed by atoms with Crippen LogP contribution in [0.4, 0.5) is 0 Å². The third-order valence-corrected chi connectivity index (χ3v) is 4.49. The summed E-state index contributed by atoms with van der Waals surface area (Å²) in [6, 6.07) is 6.01. The number of ether oxygens (including phenoxy) is 3. The van der Waals surface area contributed by atoms with Crippen LogP contribution < -0.4 is 9.47 Å². The Bertz CT molecular complexity index is 677. The number of hydrogen-bond acceptors (Lipinski definition) is 5. The Kier molecular flexibility index (Phi) is 5.06. The van der Waals surface area contributed by atoms with Crippen LogP contribution in [-0.4, -0.2) is 48.9 Å². The quantitative estimate of drug-likeness (QED) is 0.812.